The zero-order valence-corrected chi connectivity index (χ0v) is 18.8. The van der Waals surface area contributed by atoms with Crippen LogP contribution in [-0.4, -0.2) is 38.6 Å². The fraction of sp³-hybridized carbons (Fsp3) is 0.125. The first-order chi connectivity index (χ1) is 17.2. The van der Waals surface area contributed by atoms with E-state index in [4.69, 9.17) is 4.74 Å². The highest BCUT2D eigenvalue weighted by atomic mass is 19.4. The number of halogens is 3. The van der Waals surface area contributed by atoms with Gasteiger partial charge in [-0.05, 0) is 78.0 Å². The molecule has 0 fully saturated rings. The van der Waals surface area contributed by atoms with Gasteiger partial charge < -0.3 is 15.4 Å². The van der Waals surface area contributed by atoms with E-state index in [2.05, 4.69) is 26.2 Å². The van der Waals surface area contributed by atoms with Gasteiger partial charge in [-0.3, -0.25) is 9.59 Å². The van der Waals surface area contributed by atoms with E-state index in [1.165, 1.54) is 41.1 Å². The normalized spacial score (nSPS) is 11.1. The summed E-state index contributed by atoms with van der Waals surface area (Å²) in [4.78, 5) is 24.7. The highest BCUT2D eigenvalue weighted by molar-refractivity contribution is 6.04. The summed E-state index contributed by atoms with van der Waals surface area (Å²) in [5, 5.41) is 16.5. The van der Waals surface area contributed by atoms with Crippen LogP contribution in [0.5, 0.6) is 5.75 Å². The van der Waals surface area contributed by atoms with E-state index in [-0.39, 0.29) is 11.6 Å². The summed E-state index contributed by atoms with van der Waals surface area (Å²) >= 11 is 0. The highest BCUT2D eigenvalue weighted by Crippen LogP contribution is 2.30. The molecule has 2 amide bonds. The second-order valence-corrected chi connectivity index (χ2v) is 7.58. The van der Waals surface area contributed by atoms with Crippen molar-refractivity contribution in [2.24, 2.45) is 0 Å². The molecule has 4 aromatic rings. The van der Waals surface area contributed by atoms with Gasteiger partial charge >= 0.3 is 6.18 Å². The average molecular weight is 496 g/mol. The molecule has 1 heterocycles. The molecule has 184 valence electrons. The average Bonchev–Trinajstić information content (AvgIpc) is 3.29. The molecule has 9 nitrogen and oxygen atoms in total. The van der Waals surface area contributed by atoms with Crippen molar-refractivity contribution in [3.05, 3.63) is 89.7 Å². The third-order valence-corrected chi connectivity index (χ3v) is 4.93. The van der Waals surface area contributed by atoms with Crippen LogP contribution < -0.4 is 15.4 Å². The van der Waals surface area contributed by atoms with Crippen molar-refractivity contribution in [3.63, 3.8) is 0 Å². The first-order valence-corrected chi connectivity index (χ1v) is 10.6. The van der Waals surface area contributed by atoms with Crippen LogP contribution in [0.4, 0.5) is 24.5 Å². The molecule has 12 heteroatoms. The zero-order chi connectivity index (χ0) is 25.7. The molecule has 0 bridgehead atoms. The topological polar surface area (TPSA) is 111 Å². The number of anilines is 2. The molecule has 0 aliphatic heterocycles. The third-order valence-electron chi connectivity index (χ3n) is 4.93. The minimum absolute atomic E-state index is 0.00440. The Labute approximate surface area is 202 Å². The van der Waals surface area contributed by atoms with Crippen molar-refractivity contribution in [2.45, 2.75) is 13.1 Å². The van der Waals surface area contributed by atoms with E-state index < -0.39 is 24.3 Å². The summed E-state index contributed by atoms with van der Waals surface area (Å²) in [6, 6.07) is 17.4. The highest BCUT2D eigenvalue weighted by Gasteiger charge is 2.30. The number of hydrogen-bond acceptors (Lipinski definition) is 6. The smallest absolute Gasteiger partial charge is 0.416 e. The Morgan fingerprint density at radius 3 is 2.31 bits per heavy atom. The van der Waals surface area contributed by atoms with Crippen LogP contribution >= 0.6 is 0 Å². The summed E-state index contributed by atoms with van der Waals surface area (Å²) in [6.45, 7) is 1.33. The van der Waals surface area contributed by atoms with Gasteiger partial charge in [0.2, 0.25) is 0 Å². The van der Waals surface area contributed by atoms with Crippen LogP contribution in [0.3, 0.4) is 0 Å². The van der Waals surface area contributed by atoms with Crippen molar-refractivity contribution in [1.29, 1.82) is 0 Å². The van der Waals surface area contributed by atoms with Gasteiger partial charge in [0.05, 0.1) is 11.3 Å². The van der Waals surface area contributed by atoms with E-state index in [1.54, 1.807) is 31.2 Å². The molecule has 0 spiro atoms. The van der Waals surface area contributed by atoms with E-state index in [0.717, 1.165) is 12.1 Å². The lowest BCUT2D eigenvalue weighted by Gasteiger charge is -2.11. The maximum Gasteiger partial charge on any atom is 0.416 e. The Bertz CT molecular complexity index is 1390. The lowest BCUT2D eigenvalue weighted by atomic mass is 10.2. The van der Waals surface area contributed by atoms with Crippen LogP contribution in [0.2, 0.25) is 0 Å². The molecule has 3 aromatic carbocycles. The predicted molar refractivity (Wildman–Crippen MR) is 124 cm³/mol. The van der Waals surface area contributed by atoms with E-state index in [0.29, 0.717) is 28.5 Å². The number of carbonyl (C=O) groups is 2. The zero-order valence-electron chi connectivity index (χ0n) is 18.8. The summed E-state index contributed by atoms with van der Waals surface area (Å²) < 4.78 is 45.3. The largest absolute Gasteiger partial charge is 0.484 e. The number of ether oxygens (including phenoxy) is 1. The van der Waals surface area contributed by atoms with Gasteiger partial charge in [-0.1, -0.05) is 12.1 Å². The Morgan fingerprint density at radius 2 is 1.64 bits per heavy atom. The molecular formula is C24H19F3N6O3. The van der Waals surface area contributed by atoms with Gasteiger partial charge in [-0.2, -0.15) is 17.9 Å². The fourth-order valence-corrected chi connectivity index (χ4v) is 3.21. The number of alkyl halides is 3. The Kier molecular flexibility index (Phi) is 6.95. The van der Waals surface area contributed by atoms with Crippen molar-refractivity contribution in [2.75, 3.05) is 17.2 Å². The van der Waals surface area contributed by atoms with Gasteiger partial charge in [-0.15, -0.1) is 5.10 Å². The minimum Gasteiger partial charge on any atom is -0.484 e. The number of aryl methyl sites for hydroxylation is 1. The second kappa shape index (κ2) is 10.3. The first kappa shape index (κ1) is 24.4. The minimum atomic E-state index is -4.51. The monoisotopic (exact) mass is 496 g/mol. The van der Waals surface area contributed by atoms with Gasteiger partial charge in [-0.25, -0.2) is 0 Å². The molecule has 0 atom stereocenters. The van der Waals surface area contributed by atoms with E-state index >= 15 is 0 Å². The fourth-order valence-electron chi connectivity index (χ4n) is 3.21. The Balaban J connectivity index is 1.32. The van der Waals surface area contributed by atoms with E-state index in [9.17, 15) is 22.8 Å². The van der Waals surface area contributed by atoms with Crippen LogP contribution in [0.15, 0.2) is 72.8 Å². The Hall–Kier alpha value is -4.74. The molecule has 36 heavy (non-hydrogen) atoms. The lowest BCUT2D eigenvalue weighted by Crippen LogP contribution is -2.20. The third kappa shape index (κ3) is 6.03. The maximum atomic E-state index is 12.8. The first-order valence-electron chi connectivity index (χ1n) is 10.6. The standard InChI is InChI=1S/C24H19F3N6O3/c1-15-30-31-32-33(15)20-7-3-6-19(13-20)29-23(35)16-8-10-21(11-9-16)36-14-22(34)28-18-5-2-4-17(12-18)24(25,26)27/h2-13H,14H2,1H3,(H,28,34)(H,29,35). The van der Waals surface area contributed by atoms with Gasteiger partial charge in [0, 0.05) is 16.9 Å². The number of benzene rings is 3. The summed E-state index contributed by atoms with van der Waals surface area (Å²) in [6.07, 6.45) is -4.51. The van der Waals surface area contributed by atoms with Crippen molar-refractivity contribution >= 4 is 23.2 Å². The molecule has 4 rings (SSSR count). The van der Waals surface area contributed by atoms with Gasteiger partial charge in [0.1, 0.15) is 5.75 Å². The van der Waals surface area contributed by atoms with Crippen LogP contribution in [0, 0.1) is 6.92 Å². The molecule has 1 aromatic heterocycles. The number of tetrazole rings is 1. The number of hydrogen-bond donors (Lipinski definition) is 2. The van der Waals surface area contributed by atoms with Gasteiger partial charge in [0.25, 0.3) is 11.8 Å². The number of nitrogens with zero attached hydrogens (tertiary/aromatic N) is 4. The molecule has 2 N–H and O–H groups in total. The molecule has 0 saturated heterocycles. The van der Waals surface area contributed by atoms with Crippen LogP contribution in [-0.2, 0) is 11.0 Å². The summed E-state index contributed by atoms with van der Waals surface area (Å²) in [7, 11) is 0. The predicted octanol–water partition coefficient (Wildman–Crippen LogP) is 4.26. The van der Waals surface area contributed by atoms with Gasteiger partial charge in [0.15, 0.2) is 12.4 Å². The summed E-state index contributed by atoms with van der Waals surface area (Å²) in [5.74, 6) is -0.0947. The number of amides is 2. The van der Waals surface area contributed by atoms with Crippen molar-refractivity contribution in [3.8, 4) is 11.4 Å². The van der Waals surface area contributed by atoms with Crippen LogP contribution in [0.1, 0.15) is 21.7 Å². The quantitative estimate of drug-likeness (QED) is 0.396. The SMILES string of the molecule is Cc1nnnn1-c1cccc(NC(=O)c2ccc(OCC(=O)Nc3cccc(C(F)(F)F)c3)cc2)c1. The number of rotatable bonds is 7. The summed E-state index contributed by atoms with van der Waals surface area (Å²) in [5.41, 5.74) is 0.707. The number of aromatic nitrogens is 4. The lowest BCUT2D eigenvalue weighted by molar-refractivity contribution is -0.137. The molecule has 0 radical (unpaired) electrons. The van der Waals surface area contributed by atoms with Crippen molar-refractivity contribution in [1.82, 2.24) is 20.2 Å². The maximum absolute atomic E-state index is 12.8. The molecule has 0 aliphatic carbocycles. The molecule has 0 unspecified atom stereocenters. The number of nitrogens with one attached hydrogen (secondary N) is 2. The number of carbonyl (C=O) groups excluding carboxylic acids is 2. The van der Waals surface area contributed by atoms with Crippen LogP contribution in [0.25, 0.3) is 5.69 Å². The molecular weight excluding hydrogens is 477 g/mol. The van der Waals surface area contributed by atoms with Crippen molar-refractivity contribution < 1.29 is 27.5 Å². The molecule has 0 aliphatic rings. The second-order valence-electron chi connectivity index (χ2n) is 7.58. The van der Waals surface area contributed by atoms with E-state index in [1.807, 2.05) is 0 Å². The molecule has 0 saturated carbocycles. The Morgan fingerprint density at radius 1 is 0.944 bits per heavy atom.